The second-order valence-corrected chi connectivity index (χ2v) is 15.2. The maximum absolute atomic E-state index is 6.19. The molecular formula is C23H38N6OSi. The van der Waals surface area contributed by atoms with Gasteiger partial charge in [-0.25, -0.2) is 4.99 Å². The van der Waals surface area contributed by atoms with E-state index in [1.165, 1.54) is 0 Å². The zero-order chi connectivity index (χ0) is 22.4. The smallest absolute Gasteiger partial charge is 0.154 e. The summed E-state index contributed by atoms with van der Waals surface area (Å²) in [7, 11) is -1.13. The van der Waals surface area contributed by atoms with Crippen molar-refractivity contribution in [1.82, 2.24) is 24.5 Å². The van der Waals surface area contributed by atoms with Gasteiger partial charge in [-0.15, -0.1) is 6.42 Å². The Morgan fingerprint density at radius 3 is 2.68 bits per heavy atom. The molecule has 0 N–H and O–H groups in total. The number of amidine groups is 1. The molecule has 0 aromatic carbocycles. The van der Waals surface area contributed by atoms with E-state index in [-0.39, 0.29) is 6.17 Å². The van der Waals surface area contributed by atoms with Crippen LogP contribution in [0.25, 0.3) is 0 Å². The minimum atomic E-state index is -1.13. The Labute approximate surface area is 188 Å². The maximum Gasteiger partial charge on any atom is 0.154 e. The first-order valence-corrected chi connectivity index (χ1v) is 15.2. The maximum atomic E-state index is 6.19. The fraction of sp³-hybridized carbons (Fsp3) is 0.652. The van der Waals surface area contributed by atoms with Gasteiger partial charge in [-0.1, -0.05) is 39.4 Å². The molecule has 170 valence electrons. The molecule has 3 heterocycles. The Hall–Kier alpha value is -2.24. The molecule has 31 heavy (non-hydrogen) atoms. The molecule has 2 aliphatic rings. The number of aromatic nitrogens is 2. The molecule has 1 aromatic rings. The monoisotopic (exact) mass is 442 g/mol. The molecular weight excluding hydrogens is 404 g/mol. The second-order valence-electron chi connectivity index (χ2n) is 9.55. The average molecular weight is 443 g/mol. The Morgan fingerprint density at radius 1 is 1.23 bits per heavy atom. The fourth-order valence-corrected chi connectivity index (χ4v) is 4.64. The van der Waals surface area contributed by atoms with Gasteiger partial charge in [0.2, 0.25) is 0 Å². The van der Waals surface area contributed by atoms with E-state index < -0.39 is 8.07 Å². The zero-order valence-corrected chi connectivity index (χ0v) is 20.8. The van der Waals surface area contributed by atoms with Crippen LogP contribution in [0.5, 0.6) is 0 Å². The quantitative estimate of drug-likeness (QED) is 0.297. The Bertz CT molecular complexity index is 834. The van der Waals surface area contributed by atoms with E-state index in [2.05, 4.69) is 65.4 Å². The highest BCUT2D eigenvalue weighted by Crippen LogP contribution is 2.36. The molecule has 0 spiro atoms. The van der Waals surface area contributed by atoms with Gasteiger partial charge in [-0.3, -0.25) is 4.68 Å². The lowest BCUT2D eigenvalue weighted by Crippen LogP contribution is -2.46. The molecule has 0 saturated heterocycles. The van der Waals surface area contributed by atoms with Crippen LogP contribution in [0.1, 0.15) is 38.4 Å². The van der Waals surface area contributed by atoms with E-state index >= 15 is 0 Å². The lowest BCUT2D eigenvalue weighted by molar-refractivity contribution is 0.0396. The minimum Gasteiger partial charge on any atom is -0.361 e. The molecule has 3 rings (SSSR count). The summed E-state index contributed by atoms with van der Waals surface area (Å²) in [6.45, 7) is 16.3. The standard InChI is InChI=1S/C23H38N6OSi/c1-7-10-26-17-21-23(27(18-26)11-8-2)25-22(20-15-24-28(16-20)12-9-3)29(21)19-30-13-14-31(4,5)6/h3,15-17,22H,7-8,10-14,18-19H2,1-2,4-6H3. The SMILES string of the molecule is C#CCn1cc(C2N=C3C(=CN(CCC)CN3CCC)N2COCC[Si](C)(C)C)cn1. The second kappa shape index (κ2) is 10.4. The summed E-state index contributed by atoms with van der Waals surface area (Å²) in [6, 6.07) is 1.16. The van der Waals surface area contributed by atoms with Gasteiger partial charge in [0.25, 0.3) is 0 Å². The number of terminal acetylenes is 1. The molecule has 0 amide bonds. The van der Waals surface area contributed by atoms with Crippen molar-refractivity contribution in [3.8, 4) is 12.3 Å². The third-order valence-electron chi connectivity index (χ3n) is 5.47. The third kappa shape index (κ3) is 5.92. The van der Waals surface area contributed by atoms with E-state index in [1.54, 1.807) is 4.68 Å². The molecule has 0 radical (unpaired) electrons. The number of ether oxygens (including phenoxy) is 1. The normalized spacial score (nSPS) is 18.7. The Balaban J connectivity index is 1.87. The number of hydrogen-bond donors (Lipinski definition) is 0. The molecule has 1 atom stereocenters. The third-order valence-corrected chi connectivity index (χ3v) is 7.17. The first kappa shape index (κ1) is 23.4. The van der Waals surface area contributed by atoms with E-state index in [0.29, 0.717) is 13.3 Å². The van der Waals surface area contributed by atoms with Gasteiger partial charge in [0, 0.05) is 45.7 Å². The van der Waals surface area contributed by atoms with Gasteiger partial charge in [0.1, 0.15) is 13.3 Å². The van der Waals surface area contributed by atoms with Crippen LogP contribution < -0.4 is 0 Å². The van der Waals surface area contributed by atoms with Crippen LogP contribution in [0, 0.1) is 12.3 Å². The van der Waals surface area contributed by atoms with Crippen molar-refractivity contribution < 1.29 is 4.74 Å². The predicted octanol–water partition coefficient (Wildman–Crippen LogP) is 3.78. The topological polar surface area (TPSA) is 49.1 Å². The van der Waals surface area contributed by atoms with Crippen LogP contribution in [0.2, 0.25) is 25.7 Å². The molecule has 1 aromatic heterocycles. The number of rotatable bonds is 11. The molecule has 1 unspecified atom stereocenters. The van der Waals surface area contributed by atoms with Gasteiger partial charge in [-0.05, 0) is 18.9 Å². The molecule has 0 aliphatic carbocycles. The summed E-state index contributed by atoms with van der Waals surface area (Å²) in [5.74, 6) is 3.72. The largest absolute Gasteiger partial charge is 0.361 e. The van der Waals surface area contributed by atoms with E-state index in [1.807, 2.05) is 12.4 Å². The predicted molar refractivity (Wildman–Crippen MR) is 129 cm³/mol. The number of fused-ring (bicyclic) bond motifs is 1. The average Bonchev–Trinajstić information content (AvgIpc) is 3.30. The Morgan fingerprint density at radius 2 is 2.00 bits per heavy atom. The summed E-state index contributed by atoms with van der Waals surface area (Å²) < 4.78 is 7.98. The lowest BCUT2D eigenvalue weighted by Gasteiger charge is -2.38. The summed E-state index contributed by atoms with van der Waals surface area (Å²) >= 11 is 0. The van der Waals surface area contributed by atoms with Crippen molar-refractivity contribution in [2.24, 2.45) is 4.99 Å². The minimum absolute atomic E-state index is 0.138. The van der Waals surface area contributed by atoms with Crippen LogP contribution in [0.15, 0.2) is 29.3 Å². The van der Waals surface area contributed by atoms with E-state index in [9.17, 15) is 0 Å². The molecule has 0 bridgehead atoms. The summed E-state index contributed by atoms with van der Waals surface area (Å²) in [5.41, 5.74) is 2.20. The molecule has 0 saturated carbocycles. The number of nitrogens with zero attached hydrogens (tertiary/aromatic N) is 6. The summed E-state index contributed by atoms with van der Waals surface area (Å²) in [6.07, 6.45) is 13.7. The van der Waals surface area contributed by atoms with Crippen LogP contribution in [-0.2, 0) is 11.3 Å². The fourth-order valence-electron chi connectivity index (χ4n) is 3.89. The van der Waals surface area contributed by atoms with Crippen molar-refractivity contribution >= 4 is 13.9 Å². The van der Waals surface area contributed by atoms with Gasteiger partial charge in [0.05, 0.1) is 18.6 Å². The Kier molecular flexibility index (Phi) is 7.84. The van der Waals surface area contributed by atoms with Crippen molar-refractivity contribution in [3.63, 3.8) is 0 Å². The van der Waals surface area contributed by atoms with E-state index in [4.69, 9.17) is 16.2 Å². The van der Waals surface area contributed by atoms with Crippen LogP contribution in [0.4, 0.5) is 0 Å². The molecule has 0 fully saturated rings. The molecule has 2 aliphatic heterocycles. The molecule has 8 heteroatoms. The van der Waals surface area contributed by atoms with Gasteiger partial charge < -0.3 is 19.4 Å². The summed E-state index contributed by atoms with van der Waals surface area (Å²) in [4.78, 5) is 12.2. The van der Waals surface area contributed by atoms with Gasteiger partial charge in [-0.2, -0.15) is 5.10 Å². The first-order valence-electron chi connectivity index (χ1n) is 11.5. The highest BCUT2D eigenvalue weighted by atomic mass is 28.3. The summed E-state index contributed by atoms with van der Waals surface area (Å²) in [5, 5.41) is 4.43. The van der Waals surface area contributed by atoms with Crippen LogP contribution >= 0.6 is 0 Å². The van der Waals surface area contributed by atoms with E-state index in [0.717, 1.165) is 62.3 Å². The van der Waals surface area contributed by atoms with Crippen LogP contribution in [-0.4, -0.2) is 71.5 Å². The van der Waals surface area contributed by atoms with Crippen molar-refractivity contribution in [2.75, 3.05) is 33.1 Å². The number of aliphatic imine (C=N–C) groups is 1. The van der Waals surface area contributed by atoms with Gasteiger partial charge >= 0.3 is 0 Å². The highest BCUT2D eigenvalue weighted by Gasteiger charge is 2.38. The number of hydrogen-bond acceptors (Lipinski definition) is 6. The lowest BCUT2D eigenvalue weighted by atomic mass is 10.2. The van der Waals surface area contributed by atoms with Crippen molar-refractivity contribution in [2.45, 2.75) is 65.1 Å². The zero-order valence-electron chi connectivity index (χ0n) is 19.8. The van der Waals surface area contributed by atoms with Crippen molar-refractivity contribution in [1.29, 1.82) is 0 Å². The van der Waals surface area contributed by atoms with Crippen LogP contribution in [0.3, 0.4) is 0 Å². The van der Waals surface area contributed by atoms with Gasteiger partial charge in [0.15, 0.2) is 12.0 Å². The highest BCUT2D eigenvalue weighted by molar-refractivity contribution is 6.76. The first-order chi connectivity index (χ1) is 14.9. The molecule has 7 nitrogen and oxygen atoms in total. The van der Waals surface area contributed by atoms with Crippen molar-refractivity contribution in [3.05, 3.63) is 29.9 Å².